The van der Waals surface area contributed by atoms with E-state index in [1.165, 1.54) is 0 Å². The Morgan fingerprint density at radius 1 is 1.12 bits per heavy atom. The van der Waals surface area contributed by atoms with Crippen molar-refractivity contribution in [3.05, 3.63) is 63.9 Å². The molecule has 3 rings (SSSR count). The highest BCUT2D eigenvalue weighted by molar-refractivity contribution is 6.24. The molecule has 1 aromatic heterocycles. The summed E-state index contributed by atoms with van der Waals surface area (Å²) in [5.74, 6) is -0.385. The van der Waals surface area contributed by atoms with Gasteiger partial charge in [0.05, 0.1) is 12.8 Å². The number of ketones is 2. The molecule has 0 spiro atoms. The Morgan fingerprint density at radius 2 is 1.80 bits per heavy atom. The van der Waals surface area contributed by atoms with Gasteiger partial charge in [-0.05, 0) is 49.6 Å². The van der Waals surface area contributed by atoms with Gasteiger partial charge >= 0.3 is 0 Å². The van der Waals surface area contributed by atoms with Gasteiger partial charge in [0.15, 0.2) is 11.6 Å². The largest absolute Gasteiger partial charge is 0.481 e. The molecule has 4 nitrogen and oxygen atoms in total. The zero-order valence-corrected chi connectivity index (χ0v) is 14.9. The third-order valence-corrected chi connectivity index (χ3v) is 4.57. The molecule has 0 N–H and O–H groups in total. The number of hydrogen-bond donors (Lipinski definition) is 0. The van der Waals surface area contributed by atoms with E-state index < -0.39 is 5.92 Å². The van der Waals surface area contributed by atoms with Gasteiger partial charge in [0.25, 0.3) is 0 Å². The van der Waals surface area contributed by atoms with Gasteiger partial charge in [0, 0.05) is 18.1 Å². The van der Waals surface area contributed by atoms with Crippen molar-refractivity contribution in [1.82, 2.24) is 4.98 Å². The lowest BCUT2D eigenvalue weighted by atomic mass is 9.87. The Balaban J connectivity index is 1.99. The molecular weight excluding hydrogens is 314 g/mol. The Kier molecular flexibility index (Phi) is 4.53. The summed E-state index contributed by atoms with van der Waals surface area (Å²) in [7, 11) is 1.54. The molecule has 128 valence electrons. The summed E-state index contributed by atoms with van der Waals surface area (Å²) < 4.78 is 5.11. The molecule has 2 aromatic rings. The number of carbonyl (C=O) groups is 2. The average Bonchev–Trinajstić information content (AvgIpc) is 2.82. The number of nitrogens with zero attached hydrogens (tertiary/aromatic N) is 1. The molecule has 0 aliphatic heterocycles. The number of Topliss-reactive ketones (excluding diaryl/α,β-unsaturated/α-hetero) is 2. The number of hydrogen-bond acceptors (Lipinski definition) is 4. The predicted molar refractivity (Wildman–Crippen MR) is 96.8 cm³/mol. The number of carbonyl (C=O) groups excluding carboxylic acids is 2. The highest BCUT2D eigenvalue weighted by atomic mass is 16.5. The van der Waals surface area contributed by atoms with Crippen molar-refractivity contribution in [2.24, 2.45) is 0 Å². The van der Waals surface area contributed by atoms with Crippen LogP contribution < -0.4 is 4.74 Å². The van der Waals surface area contributed by atoms with Crippen molar-refractivity contribution >= 4 is 17.6 Å². The molecule has 0 bridgehead atoms. The Morgan fingerprint density at radius 3 is 2.44 bits per heavy atom. The third kappa shape index (κ3) is 3.25. The molecule has 1 fully saturated rings. The van der Waals surface area contributed by atoms with Crippen LogP contribution in [0.2, 0.25) is 0 Å². The first kappa shape index (κ1) is 17.1. The number of ether oxygens (including phenoxy) is 1. The number of methoxy groups -OCH3 is 1. The van der Waals surface area contributed by atoms with E-state index in [1.807, 2.05) is 39.0 Å². The summed E-state index contributed by atoms with van der Waals surface area (Å²) in [6, 6.07) is 9.39. The highest BCUT2D eigenvalue weighted by Crippen LogP contribution is 2.36. The maximum absolute atomic E-state index is 12.9. The normalized spacial score (nSPS) is 18.9. The fourth-order valence-electron chi connectivity index (χ4n) is 3.57. The van der Waals surface area contributed by atoms with Crippen molar-refractivity contribution in [3.63, 3.8) is 0 Å². The molecule has 25 heavy (non-hydrogen) atoms. The molecule has 0 amide bonds. The minimum atomic E-state index is -0.697. The van der Waals surface area contributed by atoms with E-state index in [-0.39, 0.29) is 18.0 Å². The summed E-state index contributed by atoms with van der Waals surface area (Å²) in [4.78, 5) is 29.8. The molecular formula is C21H21NO3. The van der Waals surface area contributed by atoms with Gasteiger partial charge < -0.3 is 4.74 Å². The molecule has 1 aromatic carbocycles. The molecule has 1 heterocycles. The summed E-state index contributed by atoms with van der Waals surface area (Å²) >= 11 is 0. The zero-order chi connectivity index (χ0) is 18.1. The van der Waals surface area contributed by atoms with Gasteiger partial charge in [0.1, 0.15) is 5.92 Å². The lowest BCUT2D eigenvalue weighted by Gasteiger charge is -2.15. The van der Waals surface area contributed by atoms with Crippen LogP contribution in [0.15, 0.2) is 35.9 Å². The topological polar surface area (TPSA) is 56.3 Å². The second-order valence-corrected chi connectivity index (χ2v) is 6.53. The molecule has 1 aliphatic carbocycles. The van der Waals surface area contributed by atoms with Gasteiger partial charge in [0.2, 0.25) is 5.88 Å². The van der Waals surface area contributed by atoms with Crippen LogP contribution in [0.1, 0.15) is 40.3 Å². The fourth-order valence-corrected chi connectivity index (χ4v) is 3.57. The zero-order valence-electron chi connectivity index (χ0n) is 14.9. The molecule has 1 saturated carbocycles. The lowest BCUT2D eigenvalue weighted by Crippen LogP contribution is -2.15. The van der Waals surface area contributed by atoms with Crippen LogP contribution in [-0.4, -0.2) is 23.7 Å². The maximum Gasteiger partial charge on any atom is 0.213 e. The number of allylic oxidation sites excluding steroid dienone is 1. The monoisotopic (exact) mass is 335 g/mol. The van der Waals surface area contributed by atoms with E-state index in [0.29, 0.717) is 17.1 Å². The van der Waals surface area contributed by atoms with Gasteiger partial charge in [-0.25, -0.2) is 4.98 Å². The first-order valence-electron chi connectivity index (χ1n) is 8.27. The van der Waals surface area contributed by atoms with Crippen LogP contribution in [0.4, 0.5) is 0 Å². The second kappa shape index (κ2) is 6.63. The average molecular weight is 335 g/mol. The first-order chi connectivity index (χ1) is 11.9. The van der Waals surface area contributed by atoms with Crippen molar-refractivity contribution in [2.75, 3.05) is 7.11 Å². The van der Waals surface area contributed by atoms with Gasteiger partial charge in [-0.15, -0.1) is 0 Å². The van der Waals surface area contributed by atoms with E-state index in [2.05, 4.69) is 4.98 Å². The number of benzene rings is 1. The van der Waals surface area contributed by atoms with Crippen molar-refractivity contribution in [3.8, 4) is 5.88 Å². The SMILES string of the molecule is COc1cccc(/C=C2\CC(=O)C(c3c(C)cc(C)cc3C)C2=O)n1. The molecule has 0 radical (unpaired) electrons. The third-order valence-electron chi connectivity index (χ3n) is 4.57. The molecule has 4 heteroatoms. The molecule has 1 atom stereocenters. The molecule has 0 saturated heterocycles. The molecule has 1 aliphatic rings. The van der Waals surface area contributed by atoms with Crippen molar-refractivity contribution in [1.29, 1.82) is 0 Å². The number of rotatable bonds is 3. The second-order valence-electron chi connectivity index (χ2n) is 6.53. The summed E-state index contributed by atoms with van der Waals surface area (Å²) in [5.41, 5.74) is 5.09. The van der Waals surface area contributed by atoms with E-state index in [0.717, 1.165) is 22.3 Å². The smallest absolute Gasteiger partial charge is 0.213 e. The van der Waals surface area contributed by atoms with Crippen LogP contribution in [0.25, 0.3) is 6.08 Å². The number of pyridine rings is 1. The van der Waals surface area contributed by atoms with Gasteiger partial charge in [-0.2, -0.15) is 0 Å². The summed E-state index contributed by atoms with van der Waals surface area (Å²) in [6.07, 6.45) is 1.84. The van der Waals surface area contributed by atoms with Crippen LogP contribution in [0.5, 0.6) is 5.88 Å². The van der Waals surface area contributed by atoms with E-state index in [4.69, 9.17) is 4.74 Å². The predicted octanol–water partition coefficient (Wildman–Crippen LogP) is 3.72. The van der Waals surface area contributed by atoms with Crippen LogP contribution in [0, 0.1) is 20.8 Å². The standard InChI is InChI=1S/C21H21NO3/c1-12-8-13(2)19(14(3)9-12)20-17(23)11-15(21(20)24)10-16-6-5-7-18(22-16)25-4/h5-10,20H,11H2,1-4H3/b15-10+. The minimum absolute atomic E-state index is 0.0470. The first-order valence-corrected chi connectivity index (χ1v) is 8.27. The number of aryl methyl sites for hydroxylation is 3. The molecule has 1 unspecified atom stereocenters. The van der Waals surface area contributed by atoms with Gasteiger partial charge in [-0.1, -0.05) is 23.8 Å². The van der Waals surface area contributed by atoms with E-state index in [1.54, 1.807) is 25.3 Å². The van der Waals surface area contributed by atoms with Crippen LogP contribution in [-0.2, 0) is 9.59 Å². The van der Waals surface area contributed by atoms with Crippen molar-refractivity contribution < 1.29 is 14.3 Å². The van der Waals surface area contributed by atoms with E-state index >= 15 is 0 Å². The highest BCUT2D eigenvalue weighted by Gasteiger charge is 2.39. The van der Waals surface area contributed by atoms with Crippen LogP contribution in [0.3, 0.4) is 0 Å². The van der Waals surface area contributed by atoms with Crippen molar-refractivity contribution in [2.45, 2.75) is 33.1 Å². The lowest BCUT2D eigenvalue weighted by molar-refractivity contribution is -0.123. The minimum Gasteiger partial charge on any atom is -0.481 e. The van der Waals surface area contributed by atoms with Crippen LogP contribution >= 0.6 is 0 Å². The Labute approximate surface area is 147 Å². The maximum atomic E-state index is 12.9. The number of aromatic nitrogens is 1. The fraction of sp³-hybridized carbons (Fsp3) is 0.286. The summed E-state index contributed by atoms with van der Waals surface area (Å²) in [5, 5.41) is 0. The van der Waals surface area contributed by atoms with E-state index in [9.17, 15) is 9.59 Å². The summed E-state index contributed by atoms with van der Waals surface area (Å²) in [6.45, 7) is 5.93. The Bertz CT molecular complexity index is 873. The van der Waals surface area contributed by atoms with Gasteiger partial charge in [-0.3, -0.25) is 9.59 Å². The quantitative estimate of drug-likeness (QED) is 0.633. The Hall–Kier alpha value is -2.75.